The van der Waals surface area contributed by atoms with Crippen molar-refractivity contribution < 1.29 is 9.53 Å². The average Bonchev–Trinajstić information content (AvgIpc) is 2.37. The second kappa shape index (κ2) is 8.51. The zero-order valence-corrected chi connectivity index (χ0v) is 15.9. The van der Waals surface area contributed by atoms with E-state index in [1.807, 2.05) is 20.8 Å². The normalized spacial score (nSPS) is 27.7. The monoisotopic (exact) mass is 334 g/mol. The molecule has 1 saturated carbocycles. The molecule has 0 aromatic carbocycles. The van der Waals surface area contributed by atoms with Gasteiger partial charge in [-0.25, -0.2) is 0 Å². The fourth-order valence-electron chi connectivity index (χ4n) is 3.08. The average molecular weight is 335 g/mol. The van der Waals surface area contributed by atoms with Crippen molar-refractivity contribution in [2.45, 2.75) is 84.9 Å². The molecule has 0 radical (unpaired) electrons. The first kappa shape index (κ1) is 21.7. The summed E-state index contributed by atoms with van der Waals surface area (Å²) in [6, 6.07) is 0.179. The van der Waals surface area contributed by atoms with Crippen LogP contribution in [0.4, 0.5) is 0 Å². The Bertz CT molecular complexity index is 361. The first-order chi connectivity index (χ1) is 9.65. The van der Waals surface area contributed by atoms with Crippen molar-refractivity contribution in [3.8, 4) is 0 Å². The largest absolute Gasteiger partial charge is 0.378 e. The van der Waals surface area contributed by atoms with Gasteiger partial charge in [0.05, 0.1) is 6.10 Å². The molecule has 0 bridgehead atoms. The number of hydrogen-bond donors (Lipinski definition) is 2. The Morgan fingerprint density at radius 1 is 1.32 bits per heavy atom. The highest BCUT2D eigenvalue weighted by Crippen LogP contribution is 2.49. The number of halogens is 1. The summed E-state index contributed by atoms with van der Waals surface area (Å²) in [5.41, 5.74) is 5.26. The summed E-state index contributed by atoms with van der Waals surface area (Å²) in [7, 11) is 0. The van der Waals surface area contributed by atoms with E-state index in [-0.39, 0.29) is 35.9 Å². The van der Waals surface area contributed by atoms with Crippen LogP contribution >= 0.6 is 12.4 Å². The van der Waals surface area contributed by atoms with Gasteiger partial charge in [0.2, 0.25) is 5.91 Å². The molecule has 0 aromatic heterocycles. The molecule has 4 nitrogen and oxygen atoms in total. The fraction of sp³-hybridized carbons (Fsp3) is 0.941. The molecule has 3 unspecified atom stereocenters. The lowest BCUT2D eigenvalue weighted by molar-refractivity contribution is -0.171. The minimum absolute atomic E-state index is 0. The van der Waals surface area contributed by atoms with Crippen LogP contribution in [0, 0.1) is 11.3 Å². The van der Waals surface area contributed by atoms with Crippen LogP contribution in [0.3, 0.4) is 0 Å². The van der Waals surface area contributed by atoms with Crippen molar-refractivity contribution in [3.05, 3.63) is 0 Å². The molecular weight excluding hydrogens is 300 g/mol. The summed E-state index contributed by atoms with van der Waals surface area (Å²) >= 11 is 0. The highest BCUT2D eigenvalue weighted by Gasteiger charge is 2.62. The lowest BCUT2D eigenvalue weighted by Crippen LogP contribution is -2.76. The standard InChI is InChI=1S/C17H34N2O2.ClH/c1-7-21-14-11-17(18,16(14,5)6)15(20)19-13(4)10-8-9-12(2)3;/h12-14H,7-11,18H2,1-6H3,(H,19,20);1H. The molecule has 3 N–H and O–H groups in total. The van der Waals surface area contributed by atoms with Crippen LogP contribution in [0.15, 0.2) is 0 Å². The molecule has 0 spiro atoms. The van der Waals surface area contributed by atoms with E-state index >= 15 is 0 Å². The highest BCUT2D eigenvalue weighted by molar-refractivity contribution is 5.89. The summed E-state index contributed by atoms with van der Waals surface area (Å²) in [5.74, 6) is 0.687. The summed E-state index contributed by atoms with van der Waals surface area (Å²) in [6.07, 6.45) is 4.04. The van der Waals surface area contributed by atoms with Gasteiger partial charge in [-0.2, -0.15) is 0 Å². The third kappa shape index (κ3) is 4.59. The minimum Gasteiger partial charge on any atom is -0.378 e. The van der Waals surface area contributed by atoms with E-state index in [9.17, 15) is 4.79 Å². The van der Waals surface area contributed by atoms with Gasteiger partial charge < -0.3 is 15.8 Å². The zero-order valence-electron chi connectivity index (χ0n) is 15.1. The molecule has 132 valence electrons. The van der Waals surface area contributed by atoms with E-state index in [0.717, 1.165) is 12.8 Å². The number of nitrogens with two attached hydrogens (primary N) is 1. The van der Waals surface area contributed by atoms with Gasteiger partial charge in [-0.1, -0.05) is 40.5 Å². The molecule has 5 heteroatoms. The van der Waals surface area contributed by atoms with Crippen molar-refractivity contribution >= 4 is 18.3 Å². The maximum atomic E-state index is 12.5. The molecule has 1 fully saturated rings. The van der Waals surface area contributed by atoms with Crippen molar-refractivity contribution in [2.75, 3.05) is 6.61 Å². The smallest absolute Gasteiger partial charge is 0.241 e. The van der Waals surface area contributed by atoms with Crippen molar-refractivity contribution in [2.24, 2.45) is 17.1 Å². The van der Waals surface area contributed by atoms with E-state index in [1.165, 1.54) is 6.42 Å². The maximum Gasteiger partial charge on any atom is 0.241 e. The second-order valence-corrected chi connectivity index (χ2v) is 7.54. The predicted octanol–water partition coefficient (Wildman–Crippen LogP) is 3.27. The van der Waals surface area contributed by atoms with Crippen LogP contribution in [-0.4, -0.2) is 30.2 Å². The van der Waals surface area contributed by atoms with Gasteiger partial charge in [-0.15, -0.1) is 12.4 Å². The fourth-order valence-corrected chi connectivity index (χ4v) is 3.08. The molecule has 1 aliphatic carbocycles. The second-order valence-electron chi connectivity index (χ2n) is 7.54. The minimum atomic E-state index is -0.806. The Hall–Kier alpha value is -0.320. The van der Waals surface area contributed by atoms with Crippen LogP contribution in [0.1, 0.15) is 67.2 Å². The molecule has 0 aromatic rings. The SMILES string of the molecule is CCOC1CC(N)(C(=O)NC(C)CCCC(C)C)C1(C)C.Cl. The molecule has 3 atom stereocenters. The van der Waals surface area contributed by atoms with Crippen molar-refractivity contribution in [3.63, 3.8) is 0 Å². The number of rotatable bonds is 8. The summed E-state index contributed by atoms with van der Waals surface area (Å²) in [6.45, 7) is 13.2. The van der Waals surface area contributed by atoms with Crippen molar-refractivity contribution in [1.29, 1.82) is 0 Å². The van der Waals surface area contributed by atoms with Gasteiger partial charge in [-0.05, 0) is 26.2 Å². The van der Waals surface area contributed by atoms with E-state index in [0.29, 0.717) is 18.9 Å². The number of amides is 1. The quantitative estimate of drug-likeness (QED) is 0.716. The molecule has 0 saturated heterocycles. The Labute approximate surface area is 142 Å². The first-order valence-electron chi connectivity index (χ1n) is 8.36. The molecule has 1 rings (SSSR count). The lowest BCUT2D eigenvalue weighted by Gasteiger charge is -2.57. The topological polar surface area (TPSA) is 64.3 Å². The number of ether oxygens (including phenoxy) is 1. The molecule has 1 aliphatic rings. The van der Waals surface area contributed by atoms with Crippen LogP contribution in [0.25, 0.3) is 0 Å². The number of carbonyl (C=O) groups is 1. The third-order valence-electron chi connectivity index (χ3n) is 5.03. The van der Waals surface area contributed by atoms with Gasteiger partial charge >= 0.3 is 0 Å². The Kier molecular flexibility index (Phi) is 8.39. The molecular formula is C17H35ClN2O2. The maximum absolute atomic E-state index is 12.5. The van der Waals surface area contributed by atoms with E-state index in [1.54, 1.807) is 0 Å². The highest BCUT2D eigenvalue weighted by atomic mass is 35.5. The molecule has 22 heavy (non-hydrogen) atoms. The summed E-state index contributed by atoms with van der Waals surface area (Å²) in [4.78, 5) is 12.5. The van der Waals surface area contributed by atoms with Crippen LogP contribution < -0.4 is 11.1 Å². The summed E-state index contributed by atoms with van der Waals surface area (Å²) in [5, 5.41) is 3.09. The number of carbonyl (C=O) groups excluding carboxylic acids is 1. The molecule has 0 aliphatic heterocycles. The molecule has 0 heterocycles. The Morgan fingerprint density at radius 2 is 1.91 bits per heavy atom. The number of nitrogens with one attached hydrogen (secondary N) is 1. The van der Waals surface area contributed by atoms with E-state index in [4.69, 9.17) is 10.5 Å². The van der Waals surface area contributed by atoms with Crippen LogP contribution in [-0.2, 0) is 9.53 Å². The van der Waals surface area contributed by atoms with Crippen molar-refractivity contribution in [1.82, 2.24) is 5.32 Å². The van der Waals surface area contributed by atoms with Crippen LogP contribution in [0.5, 0.6) is 0 Å². The zero-order chi connectivity index (χ0) is 16.3. The predicted molar refractivity (Wildman–Crippen MR) is 94.3 cm³/mol. The van der Waals surface area contributed by atoms with E-state index < -0.39 is 5.54 Å². The number of hydrogen-bond acceptors (Lipinski definition) is 3. The van der Waals surface area contributed by atoms with Gasteiger partial charge in [0.25, 0.3) is 0 Å². The van der Waals surface area contributed by atoms with Gasteiger partial charge in [0.1, 0.15) is 5.54 Å². The van der Waals surface area contributed by atoms with E-state index in [2.05, 4.69) is 26.1 Å². The lowest BCUT2D eigenvalue weighted by atomic mass is 9.54. The Balaban J connectivity index is 0.00000441. The molecule has 1 amide bonds. The first-order valence-corrected chi connectivity index (χ1v) is 8.36. The van der Waals surface area contributed by atoms with Gasteiger partial charge in [0, 0.05) is 24.5 Å². The Morgan fingerprint density at radius 3 is 2.36 bits per heavy atom. The van der Waals surface area contributed by atoms with Gasteiger partial charge in [-0.3, -0.25) is 4.79 Å². The third-order valence-corrected chi connectivity index (χ3v) is 5.03. The van der Waals surface area contributed by atoms with Crippen LogP contribution in [0.2, 0.25) is 0 Å². The summed E-state index contributed by atoms with van der Waals surface area (Å²) < 4.78 is 5.67. The van der Waals surface area contributed by atoms with Gasteiger partial charge in [0.15, 0.2) is 0 Å².